The summed E-state index contributed by atoms with van der Waals surface area (Å²) >= 11 is 0. The molecule has 0 saturated carbocycles. The van der Waals surface area contributed by atoms with E-state index >= 15 is 0 Å². The van der Waals surface area contributed by atoms with Crippen LogP contribution in [0.15, 0.2) is 28.7 Å². The molecule has 1 heterocycles. The Bertz CT molecular complexity index is 494. The topological polar surface area (TPSA) is 52.0 Å². The second-order valence-corrected chi connectivity index (χ2v) is 3.68. The van der Waals surface area contributed by atoms with Gasteiger partial charge in [-0.3, -0.25) is 0 Å². The number of nitrogen functional groups attached to an aromatic ring is 1. The third-order valence-electron chi connectivity index (χ3n) is 2.45. The van der Waals surface area contributed by atoms with Crippen LogP contribution >= 0.6 is 0 Å². The van der Waals surface area contributed by atoms with E-state index in [0.29, 0.717) is 6.42 Å². The van der Waals surface area contributed by atoms with Crippen molar-refractivity contribution in [3.63, 3.8) is 0 Å². The highest BCUT2D eigenvalue weighted by molar-refractivity contribution is 5.22. The SMILES string of the molecule is Cc1oc(N)nc1CCc1cccc(F)c1. The van der Waals surface area contributed by atoms with E-state index in [1.807, 2.05) is 13.0 Å². The van der Waals surface area contributed by atoms with Crippen molar-refractivity contribution in [3.05, 3.63) is 47.1 Å². The van der Waals surface area contributed by atoms with Crippen LogP contribution in [0, 0.1) is 12.7 Å². The summed E-state index contributed by atoms with van der Waals surface area (Å²) in [7, 11) is 0. The monoisotopic (exact) mass is 220 g/mol. The van der Waals surface area contributed by atoms with Gasteiger partial charge in [0, 0.05) is 0 Å². The van der Waals surface area contributed by atoms with Crippen molar-refractivity contribution in [1.82, 2.24) is 4.98 Å². The van der Waals surface area contributed by atoms with Gasteiger partial charge in [0.2, 0.25) is 0 Å². The molecule has 0 aliphatic carbocycles. The van der Waals surface area contributed by atoms with E-state index < -0.39 is 0 Å². The number of nitrogens with two attached hydrogens (primary N) is 1. The minimum absolute atomic E-state index is 0.187. The van der Waals surface area contributed by atoms with Crippen LogP contribution < -0.4 is 5.73 Å². The maximum absolute atomic E-state index is 12.9. The van der Waals surface area contributed by atoms with Gasteiger partial charge in [0.1, 0.15) is 11.6 Å². The molecule has 0 aliphatic rings. The van der Waals surface area contributed by atoms with Crippen molar-refractivity contribution in [1.29, 1.82) is 0 Å². The fourth-order valence-electron chi connectivity index (χ4n) is 1.64. The largest absolute Gasteiger partial charge is 0.429 e. The molecule has 0 unspecified atom stereocenters. The van der Waals surface area contributed by atoms with Crippen molar-refractivity contribution in [3.8, 4) is 0 Å². The molecule has 2 aromatic rings. The summed E-state index contributed by atoms with van der Waals surface area (Å²) in [5.41, 5.74) is 7.22. The van der Waals surface area contributed by atoms with Gasteiger partial charge in [-0.15, -0.1) is 0 Å². The fraction of sp³-hybridized carbons (Fsp3) is 0.250. The summed E-state index contributed by atoms with van der Waals surface area (Å²) in [6.07, 6.45) is 1.43. The Balaban J connectivity index is 2.05. The molecule has 3 nitrogen and oxygen atoms in total. The van der Waals surface area contributed by atoms with Crippen molar-refractivity contribution in [2.45, 2.75) is 19.8 Å². The lowest BCUT2D eigenvalue weighted by Gasteiger charge is -1.99. The zero-order chi connectivity index (χ0) is 11.5. The number of aromatic nitrogens is 1. The smallest absolute Gasteiger partial charge is 0.292 e. The predicted molar refractivity (Wildman–Crippen MR) is 59.5 cm³/mol. The molecule has 4 heteroatoms. The number of hydrogen-bond donors (Lipinski definition) is 1. The maximum atomic E-state index is 12.9. The average Bonchev–Trinajstić information content (AvgIpc) is 2.54. The molecule has 0 atom stereocenters. The van der Waals surface area contributed by atoms with Crippen molar-refractivity contribution in [2.75, 3.05) is 5.73 Å². The molecule has 16 heavy (non-hydrogen) atoms. The first kappa shape index (κ1) is 10.7. The summed E-state index contributed by atoms with van der Waals surface area (Å²) in [6, 6.07) is 6.74. The molecule has 2 rings (SSSR count). The van der Waals surface area contributed by atoms with E-state index in [2.05, 4.69) is 4.98 Å². The van der Waals surface area contributed by atoms with Gasteiger partial charge in [-0.2, -0.15) is 4.98 Å². The van der Waals surface area contributed by atoms with E-state index in [1.54, 1.807) is 6.07 Å². The number of benzene rings is 1. The maximum Gasteiger partial charge on any atom is 0.292 e. The summed E-state index contributed by atoms with van der Waals surface area (Å²) in [4.78, 5) is 4.07. The highest BCUT2D eigenvalue weighted by atomic mass is 19.1. The zero-order valence-corrected chi connectivity index (χ0v) is 9.03. The van der Waals surface area contributed by atoms with Crippen LogP contribution in [0.1, 0.15) is 17.0 Å². The van der Waals surface area contributed by atoms with E-state index in [9.17, 15) is 4.39 Å². The van der Waals surface area contributed by atoms with Crippen LogP contribution in [-0.4, -0.2) is 4.98 Å². The molecule has 0 saturated heterocycles. The van der Waals surface area contributed by atoms with Gasteiger partial charge in [0.15, 0.2) is 0 Å². The number of aryl methyl sites for hydroxylation is 3. The Morgan fingerprint density at radius 2 is 2.19 bits per heavy atom. The molecular formula is C12H13FN2O. The van der Waals surface area contributed by atoms with Crippen LogP contribution in [0.3, 0.4) is 0 Å². The summed E-state index contributed by atoms with van der Waals surface area (Å²) in [6.45, 7) is 1.82. The molecule has 1 aromatic heterocycles. The molecule has 84 valence electrons. The number of rotatable bonds is 3. The first-order chi connectivity index (χ1) is 7.65. The molecule has 0 aliphatic heterocycles. The van der Waals surface area contributed by atoms with Gasteiger partial charge in [-0.05, 0) is 37.5 Å². The minimum Gasteiger partial charge on any atom is -0.429 e. The van der Waals surface area contributed by atoms with E-state index in [0.717, 1.165) is 23.4 Å². The third kappa shape index (κ3) is 2.39. The van der Waals surface area contributed by atoms with Crippen LogP contribution in [0.2, 0.25) is 0 Å². The average molecular weight is 220 g/mol. The third-order valence-corrected chi connectivity index (χ3v) is 2.45. The first-order valence-corrected chi connectivity index (χ1v) is 5.11. The van der Waals surface area contributed by atoms with Crippen LogP contribution in [0.4, 0.5) is 10.4 Å². The second kappa shape index (κ2) is 4.35. The van der Waals surface area contributed by atoms with E-state index in [-0.39, 0.29) is 11.8 Å². The molecule has 0 spiro atoms. The molecule has 0 bridgehead atoms. The Labute approximate surface area is 93.1 Å². The van der Waals surface area contributed by atoms with Gasteiger partial charge >= 0.3 is 0 Å². The van der Waals surface area contributed by atoms with Gasteiger partial charge in [0.05, 0.1) is 5.69 Å². The number of hydrogen-bond acceptors (Lipinski definition) is 3. The van der Waals surface area contributed by atoms with Crippen LogP contribution in [0.25, 0.3) is 0 Å². The second-order valence-electron chi connectivity index (χ2n) is 3.68. The number of anilines is 1. The zero-order valence-electron chi connectivity index (χ0n) is 9.03. The molecule has 2 N–H and O–H groups in total. The Morgan fingerprint density at radius 1 is 1.38 bits per heavy atom. The van der Waals surface area contributed by atoms with E-state index in [1.165, 1.54) is 12.1 Å². The van der Waals surface area contributed by atoms with Gasteiger partial charge in [-0.25, -0.2) is 4.39 Å². The Kier molecular flexibility index (Phi) is 2.90. The van der Waals surface area contributed by atoms with Gasteiger partial charge < -0.3 is 10.2 Å². The number of oxazole rings is 1. The van der Waals surface area contributed by atoms with Gasteiger partial charge in [-0.1, -0.05) is 12.1 Å². The number of halogens is 1. The standard InChI is InChI=1S/C12H13FN2O/c1-8-11(15-12(14)16-8)6-5-9-3-2-4-10(13)7-9/h2-4,7H,5-6H2,1H3,(H2,14,15). The fourth-order valence-corrected chi connectivity index (χ4v) is 1.64. The number of nitrogens with zero attached hydrogens (tertiary/aromatic N) is 1. The summed E-state index contributed by atoms with van der Waals surface area (Å²) < 4.78 is 18.0. The van der Waals surface area contributed by atoms with Crippen molar-refractivity contribution >= 4 is 6.01 Å². The van der Waals surface area contributed by atoms with Crippen molar-refractivity contribution < 1.29 is 8.81 Å². The molecule has 0 radical (unpaired) electrons. The van der Waals surface area contributed by atoms with E-state index in [4.69, 9.17) is 10.2 Å². The predicted octanol–water partition coefficient (Wildman–Crippen LogP) is 2.49. The highest BCUT2D eigenvalue weighted by Crippen LogP contribution is 2.14. The molecule has 0 amide bonds. The molecule has 1 aromatic carbocycles. The highest BCUT2D eigenvalue weighted by Gasteiger charge is 2.07. The van der Waals surface area contributed by atoms with Crippen LogP contribution in [0.5, 0.6) is 0 Å². The Hall–Kier alpha value is -1.84. The lowest BCUT2D eigenvalue weighted by molar-refractivity contribution is 0.544. The van der Waals surface area contributed by atoms with Crippen LogP contribution in [-0.2, 0) is 12.8 Å². The lowest BCUT2D eigenvalue weighted by atomic mass is 10.1. The summed E-state index contributed by atoms with van der Waals surface area (Å²) in [5.74, 6) is 0.516. The quantitative estimate of drug-likeness (QED) is 0.864. The van der Waals surface area contributed by atoms with Crippen molar-refractivity contribution in [2.24, 2.45) is 0 Å². The lowest BCUT2D eigenvalue weighted by Crippen LogP contribution is -1.94. The van der Waals surface area contributed by atoms with Gasteiger partial charge in [0.25, 0.3) is 6.01 Å². The first-order valence-electron chi connectivity index (χ1n) is 5.11. The minimum atomic E-state index is -0.214. The Morgan fingerprint density at radius 3 is 2.81 bits per heavy atom. The molecule has 0 fully saturated rings. The normalized spacial score (nSPS) is 10.6. The summed E-state index contributed by atoms with van der Waals surface area (Å²) in [5, 5.41) is 0. The molecular weight excluding hydrogens is 207 g/mol.